The molecule has 0 saturated heterocycles. The maximum Gasteiger partial charge on any atom is 0.419 e. The SMILES string of the molecule is CC(C)CC(=O)N1CCCN(CC(C)C)CCCN(C(=O)Cn2cc(C(F)(F)F)cn2)Cc2cc(F)ccc21. The molecule has 1 aromatic heterocycles. The predicted molar refractivity (Wildman–Crippen MR) is 141 cm³/mol. The Hall–Kier alpha value is -2.95. The van der Waals surface area contributed by atoms with Crippen molar-refractivity contribution in [1.82, 2.24) is 19.6 Å². The Balaban J connectivity index is 1.94. The van der Waals surface area contributed by atoms with Gasteiger partial charge in [-0.15, -0.1) is 0 Å². The summed E-state index contributed by atoms with van der Waals surface area (Å²) in [5.41, 5.74) is 0.103. The van der Waals surface area contributed by atoms with Crippen LogP contribution in [0.2, 0.25) is 0 Å². The molecule has 2 aromatic rings. The van der Waals surface area contributed by atoms with E-state index in [2.05, 4.69) is 23.8 Å². The zero-order valence-electron chi connectivity index (χ0n) is 23.2. The first-order valence-corrected chi connectivity index (χ1v) is 13.5. The topological polar surface area (TPSA) is 61.7 Å². The van der Waals surface area contributed by atoms with Crippen LogP contribution in [-0.4, -0.2) is 64.1 Å². The van der Waals surface area contributed by atoms with E-state index < -0.39 is 23.5 Å². The molecule has 39 heavy (non-hydrogen) atoms. The number of carbonyl (C=O) groups excluding carboxylic acids is 2. The number of hydrogen-bond acceptors (Lipinski definition) is 4. The number of rotatable bonds is 6. The molecule has 0 radical (unpaired) electrons. The molecule has 2 heterocycles. The summed E-state index contributed by atoms with van der Waals surface area (Å²) in [4.78, 5) is 32.2. The van der Waals surface area contributed by atoms with Crippen LogP contribution in [-0.2, 0) is 28.9 Å². The minimum absolute atomic E-state index is 0.0228. The Labute approximate surface area is 227 Å². The Morgan fingerprint density at radius 1 is 0.974 bits per heavy atom. The van der Waals surface area contributed by atoms with Gasteiger partial charge in [0.05, 0.1) is 11.8 Å². The maximum absolute atomic E-state index is 14.4. The van der Waals surface area contributed by atoms with Crippen LogP contribution in [0.1, 0.15) is 58.1 Å². The first kappa shape index (κ1) is 30.6. The highest BCUT2D eigenvalue weighted by Crippen LogP contribution is 2.29. The van der Waals surface area contributed by atoms with Gasteiger partial charge in [-0.3, -0.25) is 14.3 Å². The normalized spacial score (nSPS) is 16.3. The number of alkyl halides is 3. The van der Waals surface area contributed by atoms with Gasteiger partial charge in [0.1, 0.15) is 12.4 Å². The van der Waals surface area contributed by atoms with Crippen LogP contribution in [0.5, 0.6) is 0 Å². The van der Waals surface area contributed by atoms with Crippen molar-refractivity contribution in [3.63, 3.8) is 0 Å². The molecule has 3 rings (SSSR count). The van der Waals surface area contributed by atoms with E-state index in [4.69, 9.17) is 0 Å². The summed E-state index contributed by atoms with van der Waals surface area (Å²) in [6, 6.07) is 4.21. The largest absolute Gasteiger partial charge is 0.419 e. The lowest BCUT2D eigenvalue weighted by atomic mass is 10.1. The molecular weight excluding hydrogens is 514 g/mol. The minimum Gasteiger partial charge on any atom is -0.337 e. The fraction of sp³-hybridized carbons (Fsp3) is 0.607. The molecule has 0 unspecified atom stereocenters. The van der Waals surface area contributed by atoms with Crippen molar-refractivity contribution in [3.05, 3.63) is 47.5 Å². The summed E-state index contributed by atoms with van der Waals surface area (Å²) in [6.07, 6.45) is -1.34. The molecule has 0 saturated carbocycles. The van der Waals surface area contributed by atoms with Gasteiger partial charge in [0.2, 0.25) is 11.8 Å². The van der Waals surface area contributed by atoms with E-state index >= 15 is 0 Å². The minimum atomic E-state index is -4.56. The number of hydrogen-bond donors (Lipinski definition) is 0. The van der Waals surface area contributed by atoms with Crippen molar-refractivity contribution in [2.45, 2.75) is 66.2 Å². The average Bonchev–Trinajstić information content (AvgIpc) is 3.29. The van der Waals surface area contributed by atoms with E-state index in [1.807, 2.05) is 13.8 Å². The van der Waals surface area contributed by atoms with Crippen LogP contribution in [0.25, 0.3) is 0 Å². The highest BCUT2D eigenvalue weighted by atomic mass is 19.4. The molecule has 1 aliphatic rings. The van der Waals surface area contributed by atoms with E-state index in [0.29, 0.717) is 49.3 Å². The van der Waals surface area contributed by atoms with E-state index in [0.717, 1.165) is 36.9 Å². The van der Waals surface area contributed by atoms with Gasteiger partial charge >= 0.3 is 6.18 Å². The van der Waals surface area contributed by atoms with Crippen molar-refractivity contribution in [2.75, 3.05) is 37.6 Å². The number of carbonyl (C=O) groups is 2. The van der Waals surface area contributed by atoms with Gasteiger partial charge in [-0.1, -0.05) is 27.7 Å². The number of aromatic nitrogens is 2. The number of fused-ring (bicyclic) bond motifs is 1. The van der Waals surface area contributed by atoms with Gasteiger partial charge in [-0.2, -0.15) is 18.3 Å². The quantitative estimate of drug-likeness (QED) is 0.462. The maximum atomic E-state index is 14.4. The van der Waals surface area contributed by atoms with Crippen molar-refractivity contribution in [3.8, 4) is 0 Å². The second kappa shape index (κ2) is 13.4. The Kier molecular flexibility index (Phi) is 10.5. The van der Waals surface area contributed by atoms with Crippen LogP contribution in [0.15, 0.2) is 30.6 Å². The molecule has 2 amide bonds. The highest BCUT2D eigenvalue weighted by molar-refractivity contribution is 5.94. The van der Waals surface area contributed by atoms with Crippen LogP contribution >= 0.6 is 0 Å². The summed E-state index contributed by atoms with van der Waals surface area (Å²) in [6.45, 7) is 11.0. The molecule has 0 aliphatic carbocycles. The number of halogens is 4. The van der Waals surface area contributed by atoms with Crippen LogP contribution in [0.4, 0.5) is 23.2 Å². The zero-order chi connectivity index (χ0) is 28.7. The smallest absolute Gasteiger partial charge is 0.337 e. The standard InChI is InChI=1S/C28H39F4N5O2/c1-20(2)13-26(38)37-12-6-10-34(16-21(3)4)9-5-11-35(17-22-14-24(29)7-8-25(22)37)27(39)19-36-18-23(15-33-36)28(30,31)32/h7-8,14-15,18,20-21H,5-6,9-13,16-17,19H2,1-4H3. The monoisotopic (exact) mass is 553 g/mol. The molecule has 1 aliphatic heterocycles. The van der Waals surface area contributed by atoms with E-state index in [9.17, 15) is 27.2 Å². The Bertz CT molecular complexity index is 1120. The molecule has 7 nitrogen and oxygen atoms in total. The van der Waals surface area contributed by atoms with Gasteiger partial charge in [0.25, 0.3) is 0 Å². The second-order valence-electron chi connectivity index (χ2n) is 11.1. The molecule has 0 N–H and O–H groups in total. The average molecular weight is 554 g/mol. The van der Waals surface area contributed by atoms with Gasteiger partial charge in [0.15, 0.2) is 0 Å². The molecule has 1 aromatic carbocycles. The van der Waals surface area contributed by atoms with Crippen LogP contribution in [0.3, 0.4) is 0 Å². The van der Waals surface area contributed by atoms with Crippen molar-refractivity contribution in [1.29, 1.82) is 0 Å². The zero-order valence-corrected chi connectivity index (χ0v) is 23.2. The highest BCUT2D eigenvalue weighted by Gasteiger charge is 2.32. The molecule has 0 atom stereocenters. The van der Waals surface area contributed by atoms with Gasteiger partial charge < -0.3 is 14.7 Å². The van der Waals surface area contributed by atoms with Gasteiger partial charge in [-0.05, 0) is 61.5 Å². The Morgan fingerprint density at radius 3 is 2.28 bits per heavy atom. The summed E-state index contributed by atoms with van der Waals surface area (Å²) >= 11 is 0. The van der Waals surface area contributed by atoms with Crippen LogP contribution < -0.4 is 4.90 Å². The number of amides is 2. The lowest BCUT2D eigenvalue weighted by Crippen LogP contribution is -2.40. The number of nitrogens with zero attached hydrogens (tertiary/aromatic N) is 5. The third-order valence-electron chi connectivity index (χ3n) is 6.57. The lowest BCUT2D eigenvalue weighted by Gasteiger charge is -2.32. The summed E-state index contributed by atoms with van der Waals surface area (Å²) in [5, 5.41) is 3.71. The summed E-state index contributed by atoms with van der Waals surface area (Å²) < 4.78 is 54.5. The molecule has 216 valence electrons. The van der Waals surface area contributed by atoms with Crippen LogP contribution in [0, 0.1) is 17.7 Å². The Morgan fingerprint density at radius 2 is 1.67 bits per heavy atom. The molecule has 0 fully saturated rings. The molecule has 0 bridgehead atoms. The fourth-order valence-electron chi connectivity index (χ4n) is 4.86. The summed E-state index contributed by atoms with van der Waals surface area (Å²) in [5.74, 6) is -0.432. The first-order valence-electron chi connectivity index (χ1n) is 13.5. The summed E-state index contributed by atoms with van der Waals surface area (Å²) in [7, 11) is 0. The number of anilines is 1. The van der Waals surface area contributed by atoms with Crippen molar-refractivity contribution in [2.24, 2.45) is 11.8 Å². The van der Waals surface area contributed by atoms with Crippen molar-refractivity contribution < 1.29 is 27.2 Å². The second-order valence-corrected chi connectivity index (χ2v) is 11.1. The van der Waals surface area contributed by atoms with E-state index in [1.54, 1.807) is 11.0 Å². The molecule has 11 heteroatoms. The third-order valence-corrected chi connectivity index (χ3v) is 6.57. The lowest BCUT2D eigenvalue weighted by molar-refractivity contribution is -0.138. The molecule has 0 spiro atoms. The molecular formula is C28H39F4N5O2. The van der Waals surface area contributed by atoms with E-state index in [-0.39, 0.29) is 24.9 Å². The third kappa shape index (κ3) is 9.05. The fourth-order valence-corrected chi connectivity index (χ4v) is 4.86. The van der Waals surface area contributed by atoms with Gasteiger partial charge in [-0.25, -0.2) is 4.39 Å². The number of benzene rings is 1. The van der Waals surface area contributed by atoms with Gasteiger partial charge in [0, 0.05) is 44.5 Å². The van der Waals surface area contributed by atoms with E-state index in [1.165, 1.54) is 17.0 Å². The predicted octanol–water partition coefficient (Wildman–Crippen LogP) is 5.20. The first-order chi connectivity index (χ1) is 18.3. The van der Waals surface area contributed by atoms with Crippen molar-refractivity contribution >= 4 is 17.5 Å².